The zero-order valence-corrected chi connectivity index (χ0v) is 11.6. The summed E-state index contributed by atoms with van der Waals surface area (Å²) in [5.74, 6) is 0. The lowest BCUT2D eigenvalue weighted by Gasteiger charge is -2.26. The van der Waals surface area contributed by atoms with E-state index in [0.717, 1.165) is 30.5 Å². The smallest absolute Gasteiger partial charge is 0.177 e. The topological polar surface area (TPSA) is 46.7 Å². The molecule has 1 aromatic heterocycles. The number of fused-ring (bicyclic) bond motifs is 1. The molecule has 0 bridgehead atoms. The quantitative estimate of drug-likeness (QED) is 0.842. The summed E-state index contributed by atoms with van der Waals surface area (Å²) >= 11 is 5.42. The summed E-state index contributed by atoms with van der Waals surface area (Å²) in [6, 6.07) is 10.6. The number of rotatable bonds is 3. The maximum atomic E-state index is 5.67. The maximum Gasteiger partial charge on any atom is 0.177 e. The van der Waals surface area contributed by atoms with Gasteiger partial charge >= 0.3 is 0 Å². The first-order valence-electron chi connectivity index (χ1n) is 6.68. The molecule has 98 valence electrons. The van der Waals surface area contributed by atoms with E-state index in [1.54, 1.807) is 0 Å². The highest BCUT2D eigenvalue weighted by atomic mass is 32.1. The number of aromatic amines is 1. The Labute approximate surface area is 118 Å². The van der Waals surface area contributed by atoms with Crippen LogP contribution in [0, 0.1) is 16.9 Å². The van der Waals surface area contributed by atoms with Gasteiger partial charge < -0.3 is 15.3 Å². The van der Waals surface area contributed by atoms with Gasteiger partial charge in [-0.25, -0.2) is 0 Å². The molecule has 3 rings (SSSR count). The molecule has 0 saturated heterocycles. The lowest BCUT2D eigenvalue weighted by Crippen LogP contribution is -2.21. The van der Waals surface area contributed by atoms with Crippen molar-refractivity contribution >= 4 is 12.2 Å². The van der Waals surface area contributed by atoms with Gasteiger partial charge in [0.05, 0.1) is 0 Å². The van der Waals surface area contributed by atoms with Crippen molar-refractivity contribution in [3.63, 3.8) is 0 Å². The molecule has 0 aliphatic heterocycles. The highest BCUT2D eigenvalue weighted by Crippen LogP contribution is 2.29. The van der Waals surface area contributed by atoms with Gasteiger partial charge in [0.25, 0.3) is 0 Å². The van der Waals surface area contributed by atoms with Gasteiger partial charge in [-0.3, -0.25) is 0 Å². The molecular weight excluding hydrogens is 254 g/mol. The number of nitrogens with one attached hydrogen (secondary N) is 1. The minimum atomic E-state index is 0.434. The number of imidazole rings is 1. The van der Waals surface area contributed by atoms with E-state index in [1.165, 1.54) is 16.8 Å². The van der Waals surface area contributed by atoms with Gasteiger partial charge in [-0.15, -0.1) is 0 Å². The van der Waals surface area contributed by atoms with Crippen molar-refractivity contribution in [1.82, 2.24) is 9.55 Å². The van der Waals surface area contributed by atoms with Crippen molar-refractivity contribution < 1.29 is 0 Å². The fourth-order valence-electron chi connectivity index (χ4n) is 2.92. The molecule has 0 radical (unpaired) electrons. The van der Waals surface area contributed by atoms with Crippen LogP contribution in [0.15, 0.2) is 18.3 Å². The van der Waals surface area contributed by atoms with E-state index < -0.39 is 0 Å². The lowest BCUT2D eigenvalue weighted by atomic mass is 9.88. The van der Waals surface area contributed by atoms with E-state index in [1.807, 2.05) is 6.20 Å². The number of nitrogens with two attached hydrogens (primary N) is 1. The predicted molar refractivity (Wildman–Crippen MR) is 77.6 cm³/mol. The molecule has 0 saturated carbocycles. The van der Waals surface area contributed by atoms with Crippen LogP contribution in [0.25, 0.3) is 0 Å². The molecule has 1 aliphatic carbocycles. The predicted octanol–water partition coefficient (Wildman–Crippen LogP) is 2.38. The van der Waals surface area contributed by atoms with E-state index in [2.05, 4.69) is 33.8 Å². The van der Waals surface area contributed by atoms with Crippen LogP contribution in [-0.2, 0) is 19.3 Å². The monoisotopic (exact) mass is 271 g/mol. The summed E-state index contributed by atoms with van der Waals surface area (Å²) in [6.45, 7) is 0.651. The van der Waals surface area contributed by atoms with Crippen molar-refractivity contribution in [2.24, 2.45) is 5.73 Å². The summed E-state index contributed by atoms with van der Waals surface area (Å²) in [6.07, 6.45) is 6.08. The molecule has 1 atom stereocenters. The van der Waals surface area contributed by atoms with E-state index in [-0.39, 0.29) is 0 Å². The van der Waals surface area contributed by atoms with Gasteiger partial charge in [-0.1, -0.05) is 12.1 Å². The third kappa shape index (κ3) is 2.32. The highest BCUT2D eigenvalue weighted by Gasteiger charge is 2.21. The van der Waals surface area contributed by atoms with Crippen LogP contribution in [0.5, 0.6) is 0 Å². The number of H-pyrrole nitrogens is 1. The maximum absolute atomic E-state index is 5.67. The molecule has 2 aromatic rings. The van der Waals surface area contributed by atoms with E-state index in [4.69, 9.17) is 18.0 Å². The first-order chi connectivity index (χ1) is 9.29. The van der Waals surface area contributed by atoms with Crippen molar-refractivity contribution in [2.75, 3.05) is 6.54 Å². The Morgan fingerprint density at radius 3 is 2.95 bits per heavy atom. The summed E-state index contributed by atoms with van der Waals surface area (Å²) in [5.41, 5.74) is 9.66. The summed E-state index contributed by atoms with van der Waals surface area (Å²) in [4.78, 5) is 3.15. The molecule has 1 aromatic carbocycles. The minimum Gasteiger partial charge on any atom is -0.337 e. The normalized spacial score (nSPS) is 17.8. The summed E-state index contributed by atoms with van der Waals surface area (Å²) in [5, 5.41) is 0. The second-order valence-corrected chi connectivity index (χ2v) is 5.40. The van der Waals surface area contributed by atoms with Gasteiger partial charge in [0, 0.05) is 24.4 Å². The minimum absolute atomic E-state index is 0.434. The van der Waals surface area contributed by atoms with Crippen LogP contribution >= 0.6 is 12.2 Å². The van der Waals surface area contributed by atoms with E-state index in [9.17, 15) is 0 Å². The number of aromatic nitrogens is 2. The molecule has 1 heterocycles. The molecule has 0 fully saturated rings. The number of hydrogen-bond donors (Lipinski definition) is 2. The zero-order chi connectivity index (χ0) is 13.2. The van der Waals surface area contributed by atoms with Crippen molar-refractivity contribution in [1.29, 1.82) is 0 Å². The van der Waals surface area contributed by atoms with Crippen molar-refractivity contribution in [2.45, 2.75) is 31.7 Å². The molecule has 0 amide bonds. The molecule has 19 heavy (non-hydrogen) atoms. The first-order valence-corrected chi connectivity index (χ1v) is 7.09. The van der Waals surface area contributed by atoms with Crippen molar-refractivity contribution in [3.8, 4) is 0 Å². The van der Waals surface area contributed by atoms with Crippen LogP contribution in [0.2, 0.25) is 0 Å². The Hall–Kier alpha value is -1.57. The van der Waals surface area contributed by atoms with Gasteiger partial charge in [-0.05, 0) is 61.3 Å². The largest absolute Gasteiger partial charge is 0.337 e. The number of hydrogen-bond acceptors (Lipinski definition) is 2. The fraction of sp³-hybridized carbons (Fsp3) is 0.400. The van der Waals surface area contributed by atoms with Crippen LogP contribution in [-0.4, -0.2) is 16.1 Å². The molecule has 1 aliphatic rings. The Kier molecular flexibility index (Phi) is 3.41. The van der Waals surface area contributed by atoms with Crippen LogP contribution in [0.3, 0.4) is 0 Å². The van der Waals surface area contributed by atoms with Gasteiger partial charge in [-0.2, -0.15) is 0 Å². The van der Waals surface area contributed by atoms with Gasteiger partial charge in [0.1, 0.15) is 0 Å². The van der Waals surface area contributed by atoms with Crippen LogP contribution in [0.4, 0.5) is 0 Å². The van der Waals surface area contributed by atoms with E-state index in [0.29, 0.717) is 12.6 Å². The number of aryl methyl sites for hydroxylation is 1. The Morgan fingerprint density at radius 1 is 1.37 bits per heavy atom. The molecule has 4 heteroatoms. The third-order valence-corrected chi connectivity index (χ3v) is 4.16. The second-order valence-electron chi connectivity index (χ2n) is 5.02. The molecular formula is C15H17N3S. The van der Waals surface area contributed by atoms with E-state index >= 15 is 0 Å². The van der Waals surface area contributed by atoms with Gasteiger partial charge in [0.2, 0.25) is 0 Å². The summed E-state index contributed by atoms with van der Waals surface area (Å²) < 4.78 is 3.06. The van der Waals surface area contributed by atoms with Crippen molar-refractivity contribution in [3.05, 3.63) is 52.1 Å². The Balaban J connectivity index is 1.93. The molecule has 3 nitrogen and oxygen atoms in total. The third-order valence-electron chi connectivity index (χ3n) is 3.85. The van der Waals surface area contributed by atoms with Crippen LogP contribution < -0.4 is 5.73 Å². The summed E-state index contributed by atoms with van der Waals surface area (Å²) in [7, 11) is 0. The molecule has 0 unspecified atom stereocenters. The highest BCUT2D eigenvalue weighted by molar-refractivity contribution is 7.71. The Bertz CT molecular complexity index is 626. The fourth-order valence-corrected chi connectivity index (χ4v) is 3.24. The first kappa shape index (κ1) is 12.5. The Morgan fingerprint density at radius 2 is 2.16 bits per heavy atom. The number of nitrogens with zero attached hydrogens (tertiary/aromatic N) is 1. The van der Waals surface area contributed by atoms with Gasteiger partial charge in [0.15, 0.2) is 4.77 Å². The molecule has 0 spiro atoms. The standard InChI is InChI=1S/C15H17N3S/c16-8-7-14-10-17-15(19)18(14)13-6-5-11-3-1-2-4-12(11)9-13/h3-4,10,13H,5-9,16H2,(H,17,19)/t13-/m0/s1. The average Bonchev–Trinajstić information content (AvgIpc) is 2.80. The van der Waals surface area contributed by atoms with Crippen LogP contribution in [0.1, 0.15) is 29.3 Å². The lowest BCUT2D eigenvalue weighted by molar-refractivity contribution is 0.427. The second kappa shape index (κ2) is 5.20. The molecule has 3 N–H and O–H groups in total. The average molecular weight is 271 g/mol. The zero-order valence-electron chi connectivity index (χ0n) is 10.8. The SMILES string of the molecule is NCCc1c[nH]c(=S)n1[C@H]1CCc2cc#ccc2C1.